The molecule has 9 nitrogen and oxygen atoms in total. The molecule has 1 unspecified atom stereocenters. The number of nitrogens with one attached hydrogen (secondary N) is 1. The van der Waals surface area contributed by atoms with Gasteiger partial charge in [-0.05, 0) is 58.1 Å². The molecule has 0 spiro atoms. The molecule has 2 aliphatic heterocycles. The van der Waals surface area contributed by atoms with Crippen molar-refractivity contribution >= 4 is 34.6 Å². The standard InChI is InChI=1S/C22H29N5O4/c1-13-8-9-16-17(18(19(23)28)31-20(16)24-13)25-22(30)26-10-5-7-15(12-26)21(29)27-11-4-3-6-14(27)2/h8-9,14-15H,3-7,10-12H2,1-2H3,(H2,23,28)(H,25,30)/t14?,15-/m1/s1. The third kappa shape index (κ3) is 4.22. The monoisotopic (exact) mass is 427 g/mol. The first-order chi connectivity index (χ1) is 14.8. The summed E-state index contributed by atoms with van der Waals surface area (Å²) >= 11 is 0. The molecule has 2 fully saturated rings. The van der Waals surface area contributed by atoms with Gasteiger partial charge in [-0.15, -0.1) is 0 Å². The zero-order valence-corrected chi connectivity index (χ0v) is 18.0. The van der Waals surface area contributed by atoms with Crippen LogP contribution in [0.1, 0.15) is 55.3 Å². The number of urea groups is 1. The number of carbonyl (C=O) groups excluding carboxylic acids is 3. The Morgan fingerprint density at radius 1 is 1.16 bits per heavy atom. The van der Waals surface area contributed by atoms with Crippen LogP contribution in [-0.2, 0) is 4.79 Å². The molecule has 4 amide bonds. The summed E-state index contributed by atoms with van der Waals surface area (Å²) in [5.74, 6) is -0.984. The number of primary amides is 1. The number of aromatic nitrogens is 1. The summed E-state index contributed by atoms with van der Waals surface area (Å²) in [6.45, 7) is 5.59. The number of anilines is 1. The summed E-state index contributed by atoms with van der Waals surface area (Å²) < 4.78 is 5.50. The molecule has 166 valence electrons. The number of furan rings is 1. The Labute approximate surface area is 180 Å². The second-order valence-corrected chi connectivity index (χ2v) is 8.57. The lowest BCUT2D eigenvalue weighted by molar-refractivity contribution is -0.140. The Morgan fingerprint density at radius 3 is 2.71 bits per heavy atom. The van der Waals surface area contributed by atoms with Crippen molar-refractivity contribution in [3.8, 4) is 0 Å². The molecule has 0 radical (unpaired) electrons. The number of hydrogen-bond acceptors (Lipinski definition) is 5. The fraction of sp³-hybridized carbons (Fsp3) is 0.545. The van der Waals surface area contributed by atoms with Crippen molar-refractivity contribution in [2.45, 2.75) is 52.0 Å². The molecule has 4 rings (SSSR count). The molecule has 2 aromatic rings. The largest absolute Gasteiger partial charge is 0.430 e. The predicted octanol–water partition coefficient (Wildman–Crippen LogP) is 2.88. The van der Waals surface area contributed by atoms with Gasteiger partial charge in [-0.1, -0.05) is 0 Å². The normalized spacial score (nSPS) is 21.9. The lowest BCUT2D eigenvalue weighted by Crippen LogP contribution is -2.51. The van der Waals surface area contributed by atoms with E-state index in [1.54, 1.807) is 24.0 Å². The maximum atomic E-state index is 13.1. The number of aryl methyl sites for hydroxylation is 1. The zero-order valence-electron chi connectivity index (χ0n) is 18.0. The Kier molecular flexibility index (Phi) is 5.84. The molecule has 0 saturated carbocycles. The quantitative estimate of drug-likeness (QED) is 0.780. The van der Waals surface area contributed by atoms with Gasteiger partial charge in [-0.25, -0.2) is 9.78 Å². The van der Waals surface area contributed by atoms with Crippen LogP contribution in [0.5, 0.6) is 0 Å². The van der Waals surface area contributed by atoms with Gasteiger partial charge >= 0.3 is 6.03 Å². The van der Waals surface area contributed by atoms with Crippen LogP contribution in [0.3, 0.4) is 0 Å². The van der Waals surface area contributed by atoms with Gasteiger partial charge in [0.1, 0.15) is 5.69 Å². The Bertz CT molecular complexity index is 1020. The lowest BCUT2D eigenvalue weighted by Gasteiger charge is -2.39. The van der Waals surface area contributed by atoms with E-state index in [4.69, 9.17) is 10.2 Å². The highest BCUT2D eigenvalue weighted by Crippen LogP contribution is 2.31. The summed E-state index contributed by atoms with van der Waals surface area (Å²) in [5.41, 5.74) is 6.64. The van der Waals surface area contributed by atoms with E-state index in [2.05, 4.69) is 17.2 Å². The first kappa shape index (κ1) is 21.1. The number of fused-ring (bicyclic) bond motifs is 1. The minimum absolute atomic E-state index is 0.131. The second-order valence-electron chi connectivity index (χ2n) is 8.57. The Hall–Kier alpha value is -3.10. The Balaban J connectivity index is 1.50. The van der Waals surface area contributed by atoms with Gasteiger partial charge in [0.2, 0.25) is 17.4 Å². The molecular weight excluding hydrogens is 398 g/mol. The van der Waals surface area contributed by atoms with Gasteiger partial charge in [0.25, 0.3) is 5.91 Å². The maximum Gasteiger partial charge on any atom is 0.321 e. The summed E-state index contributed by atoms with van der Waals surface area (Å²) in [7, 11) is 0. The highest BCUT2D eigenvalue weighted by atomic mass is 16.4. The molecule has 2 atom stereocenters. The summed E-state index contributed by atoms with van der Waals surface area (Å²) in [6.07, 6.45) is 4.74. The van der Waals surface area contributed by atoms with Crippen LogP contribution >= 0.6 is 0 Å². The van der Waals surface area contributed by atoms with E-state index in [-0.39, 0.29) is 41.1 Å². The number of carbonyl (C=O) groups is 3. The van der Waals surface area contributed by atoms with Crippen molar-refractivity contribution in [1.29, 1.82) is 0 Å². The third-order valence-electron chi connectivity index (χ3n) is 6.29. The molecule has 31 heavy (non-hydrogen) atoms. The smallest absolute Gasteiger partial charge is 0.321 e. The van der Waals surface area contributed by atoms with Gasteiger partial charge in [-0.3, -0.25) is 9.59 Å². The predicted molar refractivity (Wildman–Crippen MR) is 116 cm³/mol. The van der Waals surface area contributed by atoms with Gasteiger partial charge in [-0.2, -0.15) is 0 Å². The number of likely N-dealkylation sites (tertiary alicyclic amines) is 2. The van der Waals surface area contributed by atoms with Gasteiger partial charge < -0.3 is 25.3 Å². The molecule has 3 N–H and O–H groups in total. The van der Waals surface area contributed by atoms with E-state index >= 15 is 0 Å². The van der Waals surface area contributed by atoms with E-state index < -0.39 is 5.91 Å². The zero-order chi connectivity index (χ0) is 22.1. The first-order valence-electron chi connectivity index (χ1n) is 10.9. The van der Waals surface area contributed by atoms with E-state index in [0.29, 0.717) is 18.5 Å². The van der Waals surface area contributed by atoms with Crippen molar-refractivity contribution in [2.24, 2.45) is 11.7 Å². The minimum atomic E-state index is -0.781. The number of amides is 4. The van der Waals surface area contributed by atoms with Crippen molar-refractivity contribution in [3.63, 3.8) is 0 Å². The second kappa shape index (κ2) is 8.56. The van der Waals surface area contributed by atoms with Gasteiger partial charge in [0.05, 0.1) is 11.3 Å². The van der Waals surface area contributed by atoms with E-state index in [1.165, 1.54) is 0 Å². The van der Waals surface area contributed by atoms with Crippen LogP contribution in [0, 0.1) is 12.8 Å². The molecule has 0 aromatic carbocycles. The molecule has 0 bridgehead atoms. The van der Waals surface area contributed by atoms with Crippen LogP contribution in [0.15, 0.2) is 16.5 Å². The number of nitrogens with two attached hydrogens (primary N) is 1. The molecule has 0 aliphatic carbocycles. The van der Waals surface area contributed by atoms with Crippen molar-refractivity contribution in [3.05, 3.63) is 23.6 Å². The highest BCUT2D eigenvalue weighted by molar-refractivity contribution is 6.09. The fourth-order valence-corrected chi connectivity index (χ4v) is 4.58. The molecule has 2 aromatic heterocycles. The number of pyridine rings is 1. The molecular formula is C22H29N5O4. The third-order valence-corrected chi connectivity index (χ3v) is 6.29. The fourth-order valence-electron chi connectivity index (χ4n) is 4.58. The average Bonchev–Trinajstić information content (AvgIpc) is 3.11. The molecule has 2 aliphatic rings. The van der Waals surface area contributed by atoms with Crippen molar-refractivity contribution < 1.29 is 18.8 Å². The summed E-state index contributed by atoms with van der Waals surface area (Å²) in [5, 5.41) is 3.29. The van der Waals surface area contributed by atoms with E-state index in [1.807, 2.05) is 4.90 Å². The van der Waals surface area contributed by atoms with Crippen LogP contribution in [-0.4, -0.2) is 58.3 Å². The van der Waals surface area contributed by atoms with E-state index in [0.717, 1.165) is 44.3 Å². The van der Waals surface area contributed by atoms with Crippen LogP contribution < -0.4 is 11.1 Å². The maximum absolute atomic E-state index is 13.1. The minimum Gasteiger partial charge on any atom is -0.430 e. The van der Waals surface area contributed by atoms with Crippen LogP contribution in [0.25, 0.3) is 11.1 Å². The van der Waals surface area contributed by atoms with Crippen LogP contribution in [0.4, 0.5) is 10.5 Å². The first-order valence-corrected chi connectivity index (χ1v) is 10.9. The lowest BCUT2D eigenvalue weighted by atomic mass is 9.94. The highest BCUT2D eigenvalue weighted by Gasteiger charge is 2.34. The SMILES string of the molecule is Cc1ccc2c(NC(=O)N3CCC[C@@H](C(=O)N4CCCCC4C)C3)c(C(N)=O)oc2n1. The number of hydrogen-bond donors (Lipinski definition) is 2. The van der Waals surface area contributed by atoms with Crippen LogP contribution in [0.2, 0.25) is 0 Å². The molecule has 9 heteroatoms. The number of nitrogens with zero attached hydrogens (tertiary/aromatic N) is 3. The number of piperidine rings is 2. The topological polar surface area (TPSA) is 122 Å². The average molecular weight is 428 g/mol. The molecule has 4 heterocycles. The Morgan fingerprint density at radius 2 is 1.97 bits per heavy atom. The molecule has 2 saturated heterocycles. The summed E-state index contributed by atoms with van der Waals surface area (Å²) in [4.78, 5) is 45.8. The van der Waals surface area contributed by atoms with Crippen molar-refractivity contribution in [2.75, 3.05) is 25.0 Å². The summed E-state index contributed by atoms with van der Waals surface area (Å²) in [6, 6.07) is 3.38. The number of rotatable bonds is 3. The van der Waals surface area contributed by atoms with Gasteiger partial charge in [0, 0.05) is 31.4 Å². The van der Waals surface area contributed by atoms with E-state index in [9.17, 15) is 14.4 Å². The van der Waals surface area contributed by atoms with Gasteiger partial charge in [0.15, 0.2) is 0 Å². The van der Waals surface area contributed by atoms with Crippen molar-refractivity contribution in [1.82, 2.24) is 14.8 Å².